The van der Waals surface area contributed by atoms with Gasteiger partial charge >= 0.3 is 0 Å². The molecule has 0 unspecified atom stereocenters. The minimum absolute atomic E-state index is 0.309. The van der Waals surface area contributed by atoms with Crippen molar-refractivity contribution >= 4 is 23.6 Å². The van der Waals surface area contributed by atoms with Crippen molar-refractivity contribution in [2.24, 2.45) is 0 Å². The summed E-state index contributed by atoms with van der Waals surface area (Å²) in [6.45, 7) is 0. The van der Waals surface area contributed by atoms with Gasteiger partial charge in [0, 0.05) is 4.90 Å². The maximum Gasteiger partial charge on any atom is 0.260 e. The molecule has 1 N–H and O–H groups in total. The van der Waals surface area contributed by atoms with Crippen molar-refractivity contribution in [1.29, 1.82) is 5.26 Å². The molecule has 4 nitrogen and oxygen atoms in total. The number of fused-ring (bicyclic) bond motifs is 1. The Morgan fingerprint density at radius 3 is 2.79 bits per heavy atom. The molecule has 1 aromatic rings. The number of nitrogens with zero attached hydrogens (tertiary/aromatic N) is 1. The predicted molar refractivity (Wildman–Crippen MR) is 49.7 cm³/mol. The lowest BCUT2D eigenvalue weighted by Crippen LogP contribution is -2.20. The zero-order chi connectivity index (χ0) is 10.1. The zero-order valence-electron chi connectivity index (χ0n) is 6.90. The first-order valence-electron chi connectivity index (χ1n) is 3.78. The van der Waals surface area contributed by atoms with Gasteiger partial charge in [-0.15, -0.1) is 0 Å². The van der Waals surface area contributed by atoms with Crippen molar-refractivity contribution in [3.63, 3.8) is 0 Å². The third kappa shape index (κ3) is 1.17. The molecule has 2 amide bonds. The van der Waals surface area contributed by atoms with Gasteiger partial charge in [0.05, 0.1) is 11.1 Å². The smallest absolute Gasteiger partial charge is 0.260 e. The minimum Gasteiger partial charge on any atom is -0.288 e. The average molecular weight is 204 g/mol. The Hall–Kier alpha value is -1.80. The van der Waals surface area contributed by atoms with Crippen molar-refractivity contribution in [1.82, 2.24) is 5.32 Å². The molecule has 1 aromatic carbocycles. The summed E-state index contributed by atoms with van der Waals surface area (Å²) >= 11 is 0.879. The van der Waals surface area contributed by atoms with Gasteiger partial charge < -0.3 is 0 Å². The number of carbonyl (C=O) groups is 2. The van der Waals surface area contributed by atoms with E-state index in [0.717, 1.165) is 11.8 Å². The number of amides is 2. The largest absolute Gasteiger partial charge is 0.288 e. The zero-order valence-corrected chi connectivity index (χ0v) is 7.72. The summed E-state index contributed by atoms with van der Waals surface area (Å²) in [5, 5.41) is 12.6. The van der Waals surface area contributed by atoms with Crippen LogP contribution in [-0.4, -0.2) is 11.8 Å². The monoisotopic (exact) mass is 204 g/mol. The summed E-state index contributed by atoms with van der Waals surface area (Å²) in [6, 6.07) is 4.86. The Bertz CT molecular complexity index is 476. The Labute approximate surface area is 83.9 Å². The van der Waals surface area contributed by atoms with Gasteiger partial charge in [-0.3, -0.25) is 14.9 Å². The molecule has 14 heavy (non-hydrogen) atoms. The van der Waals surface area contributed by atoms with E-state index in [9.17, 15) is 9.59 Å². The van der Waals surface area contributed by atoms with Crippen molar-refractivity contribution in [3.8, 4) is 5.40 Å². The summed E-state index contributed by atoms with van der Waals surface area (Å²) in [4.78, 5) is 23.0. The van der Waals surface area contributed by atoms with Gasteiger partial charge in [-0.2, -0.15) is 5.26 Å². The molecule has 0 fully saturated rings. The number of thiocyanates is 1. The molecule has 0 aromatic heterocycles. The van der Waals surface area contributed by atoms with Gasteiger partial charge in [-0.25, -0.2) is 0 Å². The molecule has 0 aliphatic carbocycles. The maximum atomic E-state index is 11.3. The number of nitrogens with one attached hydrogen (secondary N) is 1. The highest BCUT2D eigenvalue weighted by Gasteiger charge is 2.29. The summed E-state index contributed by atoms with van der Waals surface area (Å²) in [6.07, 6.45) is 0. The normalized spacial score (nSPS) is 13.4. The summed E-state index contributed by atoms with van der Waals surface area (Å²) in [7, 11) is 0. The second kappa shape index (κ2) is 3.16. The first-order valence-corrected chi connectivity index (χ1v) is 4.60. The number of thioether (sulfide) groups is 1. The average Bonchev–Trinajstić information content (AvgIpc) is 2.44. The van der Waals surface area contributed by atoms with Crippen LogP contribution in [-0.2, 0) is 0 Å². The van der Waals surface area contributed by atoms with Crippen LogP contribution < -0.4 is 5.32 Å². The van der Waals surface area contributed by atoms with E-state index in [2.05, 4.69) is 5.32 Å². The quantitative estimate of drug-likeness (QED) is 0.423. The number of carbonyl (C=O) groups excluding carboxylic acids is 2. The highest BCUT2D eigenvalue weighted by atomic mass is 32.2. The van der Waals surface area contributed by atoms with E-state index in [4.69, 9.17) is 5.26 Å². The minimum atomic E-state index is -0.427. The third-order valence-corrected chi connectivity index (χ3v) is 2.53. The Kier molecular flexibility index (Phi) is 1.98. The van der Waals surface area contributed by atoms with E-state index in [0.29, 0.717) is 16.0 Å². The number of rotatable bonds is 1. The van der Waals surface area contributed by atoms with Crippen LogP contribution in [0.2, 0.25) is 0 Å². The van der Waals surface area contributed by atoms with Gasteiger partial charge in [-0.05, 0) is 23.9 Å². The summed E-state index contributed by atoms with van der Waals surface area (Å²) in [5.74, 6) is -0.825. The number of hydrogen-bond donors (Lipinski definition) is 1. The van der Waals surface area contributed by atoms with Crippen LogP contribution in [0.1, 0.15) is 20.7 Å². The predicted octanol–water partition coefficient (Wildman–Crippen LogP) is 1.14. The molecular formula is C9H4N2O2S. The van der Waals surface area contributed by atoms with Crippen LogP contribution in [0.15, 0.2) is 23.1 Å². The molecule has 0 saturated carbocycles. The first kappa shape index (κ1) is 8.78. The third-order valence-electron chi connectivity index (χ3n) is 1.88. The fraction of sp³-hybridized carbons (Fsp3) is 0. The highest BCUT2D eigenvalue weighted by molar-refractivity contribution is 8.03. The van der Waals surface area contributed by atoms with Crippen molar-refractivity contribution in [2.45, 2.75) is 4.90 Å². The van der Waals surface area contributed by atoms with Gasteiger partial charge in [0.15, 0.2) is 0 Å². The van der Waals surface area contributed by atoms with Crippen LogP contribution >= 0.6 is 11.8 Å². The summed E-state index contributed by atoms with van der Waals surface area (Å²) < 4.78 is 0. The fourth-order valence-corrected chi connectivity index (χ4v) is 1.87. The molecular weight excluding hydrogens is 200 g/mol. The fourth-order valence-electron chi connectivity index (χ4n) is 1.32. The van der Waals surface area contributed by atoms with Crippen LogP contribution in [0.25, 0.3) is 0 Å². The van der Waals surface area contributed by atoms with Gasteiger partial charge in [0.1, 0.15) is 5.40 Å². The second-order valence-corrected chi connectivity index (χ2v) is 3.48. The SMILES string of the molecule is N#CSc1cccc2c1C(=O)NC2=O. The lowest BCUT2D eigenvalue weighted by atomic mass is 10.1. The van der Waals surface area contributed by atoms with Crippen molar-refractivity contribution in [2.75, 3.05) is 0 Å². The highest BCUT2D eigenvalue weighted by Crippen LogP contribution is 2.27. The Balaban J connectivity index is 2.63. The van der Waals surface area contributed by atoms with E-state index >= 15 is 0 Å². The molecule has 5 heteroatoms. The van der Waals surface area contributed by atoms with Crippen molar-refractivity contribution < 1.29 is 9.59 Å². The van der Waals surface area contributed by atoms with Gasteiger partial charge in [-0.1, -0.05) is 6.07 Å². The van der Waals surface area contributed by atoms with E-state index in [1.807, 2.05) is 5.40 Å². The maximum absolute atomic E-state index is 11.3. The van der Waals surface area contributed by atoms with Crippen LogP contribution in [0.3, 0.4) is 0 Å². The van der Waals surface area contributed by atoms with Gasteiger partial charge in [0.2, 0.25) is 0 Å². The molecule has 2 rings (SSSR count). The van der Waals surface area contributed by atoms with E-state index in [1.54, 1.807) is 18.2 Å². The number of benzene rings is 1. The molecule has 1 aliphatic rings. The molecule has 1 heterocycles. The molecule has 68 valence electrons. The lowest BCUT2D eigenvalue weighted by Gasteiger charge is -1.98. The Morgan fingerprint density at radius 2 is 2.07 bits per heavy atom. The topological polar surface area (TPSA) is 70.0 Å². The number of hydrogen-bond acceptors (Lipinski definition) is 4. The number of nitriles is 1. The molecule has 0 atom stereocenters. The first-order chi connectivity index (χ1) is 6.74. The lowest BCUT2D eigenvalue weighted by molar-refractivity contribution is 0.0879. The molecule has 1 aliphatic heterocycles. The number of imide groups is 1. The molecule has 0 bridgehead atoms. The van der Waals surface area contributed by atoms with Gasteiger partial charge in [0.25, 0.3) is 11.8 Å². The van der Waals surface area contributed by atoms with E-state index in [1.165, 1.54) is 0 Å². The van der Waals surface area contributed by atoms with Crippen LogP contribution in [0.5, 0.6) is 0 Å². The molecule has 0 radical (unpaired) electrons. The van der Waals surface area contributed by atoms with E-state index in [-0.39, 0.29) is 0 Å². The van der Waals surface area contributed by atoms with Crippen LogP contribution in [0, 0.1) is 10.7 Å². The standard InChI is InChI=1S/C9H4N2O2S/c10-4-14-6-3-1-2-5-7(6)9(13)11-8(5)12/h1-3H,(H,11,12,13). The molecule has 0 saturated heterocycles. The Morgan fingerprint density at radius 1 is 1.29 bits per heavy atom. The van der Waals surface area contributed by atoms with Crippen molar-refractivity contribution in [3.05, 3.63) is 29.3 Å². The second-order valence-electron chi connectivity index (χ2n) is 2.66. The van der Waals surface area contributed by atoms with Crippen LogP contribution in [0.4, 0.5) is 0 Å². The summed E-state index contributed by atoms with van der Waals surface area (Å²) in [5.41, 5.74) is 0.652. The van der Waals surface area contributed by atoms with E-state index < -0.39 is 11.8 Å². The molecule has 0 spiro atoms.